The molecule has 0 aliphatic heterocycles. The summed E-state index contributed by atoms with van der Waals surface area (Å²) in [5, 5.41) is 0. The number of methoxy groups -OCH3 is 1. The van der Waals surface area contributed by atoms with Crippen molar-refractivity contribution in [3.8, 4) is 0 Å². The average Bonchev–Trinajstić information content (AvgIpc) is 2.13. The maximum Gasteiger partial charge on any atom is 0.330 e. The third-order valence-electron chi connectivity index (χ3n) is 1.78. The number of hydrogen-bond acceptors (Lipinski definition) is 4. The molecule has 15 heavy (non-hydrogen) atoms. The van der Waals surface area contributed by atoms with Crippen LogP contribution >= 0.6 is 0 Å². The van der Waals surface area contributed by atoms with Gasteiger partial charge in [-0.2, -0.15) is 0 Å². The van der Waals surface area contributed by atoms with Crippen LogP contribution in [0.4, 0.5) is 0 Å². The summed E-state index contributed by atoms with van der Waals surface area (Å²) >= 11 is 0. The van der Waals surface area contributed by atoms with Gasteiger partial charge in [-0.05, 0) is 12.3 Å². The molecule has 4 nitrogen and oxygen atoms in total. The lowest BCUT2D eigenvalue weighted by Crippen LogP contribution is -2.17. The maximum atomic E-state index is 11.2. The van der Waals surface area contributed by atoms with E-state index in [1.165, 1.54) is 13.2 Å². The predicted molar refractivity (Wildman–Crippen MR) is 56.2 cm³/mol. The molecular formula is C11H18O4. The third kappa shape index (κ3) is 6.71. The Balaban J connectivity index is 4.23. The Bertz CT molecular complexity index is 253. The van der Waals surface area contributed by atoms with E-state index >= 15 is 0 Å². The van der Waals surface area contributed by atoms with Crippen molar-refractivity contribution in [3.05, 3.63) is 12.2 Å². The zero-order valence-electron chi connectivity index (χ0n) is 9.70. The van der Waals surface area contributed by atoms with E-state index in [0.717, 1.165) is 0 Å². The van der Waals surface area contributed by atoms with Crippen molar-refractivity contribution in [3.63, 3.8) is 0 Å². The van der Waals surface area contributed by atoms with E-state index in [1.807, 2.05) is 13.8 Å². The molecule has 0 amide bonds. The molecule has 0 aromatic heterocycles. The Kier molecular flexibility index (Phi) is 5.67. The number of carbonyl (C=O) groups is 2. The van der Waals surface area contributed by atoms with Crippen LogP contribution in [-0.4, -0.2) is 25.7 Å². The molecule has 0 aliphatic rings. The molecule has 0 aliphatic carbocycles. The first-order chi connectivity index (χ1) is 6.91. The Morgan fingerprint density at radius 2 is 1.93 bits per heavy atom. The van der Waals surface area contributed by atoms with E-state index in [1.54, 1.807) is 13.0 Å². The Morgan fingerprint density at radius 1 is 1.33 bits per heavy atom. The highest BCUT2D eigenvalue weighted by Crippen LogP contribution is 2.22. The minimum absolute atomic E-state index is 0.244. The molecule has 0 N–H and O–H groups in total. The van der Waals surface area contributed by atoms with Crippen LogP contribution in [0.1, 0.15) is 27.2 Å². The molecule has 0 saturated heterocycles. The smallest absolute Gasteiger partial charge is 0.330 e. The first-order valence-corrected chi connectivity index (χ1v) is 4.84. The van der Waals surface area contributed by atoms with Crippen molar-refractivity contribution < 1.29 is 19.1 Å². The topological polar surface area (TPSA) is 52.6 Å². The molecule has 0 bridgehead atoms. The van der Waals surface area contributed by atoms with Gasteiger partial charge in [0.1, 0.15) is 0 Å². The minimum Gasteiger partial charge on any atom is -0.466 e. The van der Waals surface area contributed by atoms with Crippen LogP contribution in [0.2, 0.25) is 0 Å². The van der Waals surface area contributed by atoms with Crippen LogP contribution in [0.15, 0.2) is 12.2 Å². The van der Waals surface area contributed by atoms with Gasteiger partial charge in [-0.1, -0.05) is 19.9 Å². The SMILES string of the molecule is CCOC(=O)CC(C)(C)C=CC(=O)OC. The van der Waals surface area contributed by atoms with Crippen LogP contribution in [0, 0.1) is 5.41 Å². The zero-order chi connectivity index (χ0) is 11.9. The standard InChI is InChI=1S/C11H18O4/c1-5-15-10(13)8-11(2,3)7-6-9(12)14-4/h6-7H,5,8H2,1-4H3. The first kappa shape index (κ1) is 13.7. The zero-order valence-corrected chi connectivity index (χ0v) is 9.70. The van der Waals surface area contributed by atoms with Gasteiger partial charge in [0.15, 0.2) is 0 Å². The van der Waals surface area contributed by atoms with Gasteiger partial charge in [0.25, 0.3) is 0 Å². The molecule has 0 rings (SSSR count). The van der Waals surface area contributed by atoms with Crippen molar-refractivity contribution in [2.24, 2.45) is 5.41 Å². The lowest BCUT2D eigenvalue weighted by molar-refractivity contribution is -0.145. The van der Waals surface area contributed by atoms with Crippen molar-refractivity contribution in [2.45, 2.75) is 27.2 Å². The quantitative estimate of drug-likeness (QED) is 0.516. The third-order valence-corrected chi connectivity index (χ3v) is 1.78. The summed E-state index contributed by atoms with van der Waals surface area (Å²) in [7, 11) is 1.31. The monoisotopic (exact) mass is 214 g/mol. The van der Waals surface area contributed by atoms with Gasteiger partial charge < -0.3 is 9.47 Å². The largest absolute Gasteiger partial charge is 0.466 e. The molecule has 0 aromatic rings. The molecule has 0 unspecified atom stereocenters. The fourth-order valence-corrected chi connectivity index (χ4v) is 1.00. The van der Waals surface area contributed by atoms with E-state index in [2.05, 4.69) is 4.74 Å². The van der Waals surface area contributed by atoms with Crippen molar-refractivity contribution >= 4 is 11.9 Å². The van der Waals surface area contributed by atoms with Gasteiger partial charge in [0.2, 0.25) is 0 Å². The summed E-state index contributed by atoms with van der Waals surface area (Å²) < 4.78 is 9.28. The number of carbonyl (C=O) groups excluding carboxylic acids is 2. The molecule has 0 fully saturated rings. The summed E-state index contributed by atoms with van der Waals surface area (Å²) in [6, 6.07) is 0. The average molecular weight is 214 g/mol. The Labute approximate surface area is 90.2 Å². The fourth-order valence-electron chi connectivity index (χ4n) is 1.00. The highest BCUT2D eigenvalue weighted by Gasteiger charge is 2.19. The van der Waals surface area contributed by atoms with Crippen molar-refractivity contribution in [1.29, 1.82) is 0 Å². The van der Waals surface area contributed by atoms with Gasteiger partial charge in [-0.25, -0.2) is 4.79 Å². The molecule has 0 spiro atoms. The van der Waals surface area contributed by atoms with Gasteiger partial charge in [-0.3, -0.25) is 4.79 Å². The molecule has 0 saturated carbocycles. The first-order valence-electron chi connectivity index (χ1n) is 4.84. The molecule has 4 heteroatoms. The molecule has 0 atom stereocenters. The Morgan fingerprint density at radius 3 is 2.40 bits per heavy atom. The second-order valence-electron chi connectivity index (χ2n) is 3.83. The molecule has 86 valence electrons. The summed E-state index contributed by atoms with van der Waals surface area (Å²) in [6.07, 6.45) is 3.21. The number of esters is 2. The summed E-state index contributed by atoms with van der Waals surface area (Å²) in [4.78, 5) is 22.0. The van der Waals surface area contributed by atoms with Crippen molar-refractivity contribution in [1.82, 2.24) is 0 Å². The lowest BCUT2D eigenvalue weighted by atomic mass is 9.89. The fraction of sp³-hybridized carbons (Fsp3) is 0.636. The number of ether oxygens (including phenoxy) is 2. The molecular weight excluding hydrogens is 196 g/mol. The van der Waals surface area contributed by atoms with E-state index in [4.69, 9.17) is 4.74 Å². The lowest BCUT2D eigenvalue weighted by Gasteiger charge is -2.18. The summed E-state index contributed by atoms with van der Waals surface area (Å²) in [6.45, 7) is 5.83. The van der Waals surface area contributed by atoms with Gasteiger partial charge >= 0.3 is 11.9 Å². The second-order valence-corrected chi connectivity index (χ2v) is 3.83. The summed E-state index contributed by atoms with van der Waals surface area (Å²) in [5.41, 5.74) is -0.402. The highest BCUT2D eigenvalue weighted by molar-refractivity contribution is 5.82. The van der Waals surface area contributed by atoms with Crippen LogP contribution in [-0.2, 0) is 19.1 Å². The van der Waals surface area contributed by atoms with Gasteiger partial charge in [-0.15, -0.1) is 0 Å². The summed E-state index contributed by atoms with van der Waals surface area (Å²) in [5.74, 6) is -0.691. The number of rotatable bonds is 5. The van der Waals surface area contributed by atoms with Crippen molar-refractivity contribution in [2.75, 3.05) is 13.7 Å². The Hall–Kier alpha value is -1.32. The van der Waals surface area contributed by atoms with Crippen LogP contribution < -0.4 is 0 Å². The van der Waals surface area contributed by atoms with Crippen LogP contribution in [0.3, 0.4) is 0 Å². The molecule has 0 aromatic carbocycles. The number of hydrogen-bond donors (Lipinski definition) is 0. The van der Waals surface area contributed by atoms with Crippen LogP contribution in [0.25, 0.3) is 0 Å². The minimum atomic E-state index is -0.424. The predicted octanol–water partition coefficient (Wildman–Crippen LogP) is 1.70. The van der Waals surface area contributed by atoms with E-state index in [9.17, 15) is 9.59 Å². The van der Waals surface area contributed by atoms with Crippen LogP contribution in [0.5, 0.6) is 0 Å². The molecule has 0 radical (unpaired) electrons. The van der Waals surface area contributed by atoms with Gasteiger partial charge in [0.05, 0.1) is 20.1 Å². The maximum absolute atomic E-state index is 11.2. The highest BCUT2D eigenvalue weighted by atomic mass is 16.5. The second kappa shape index (κ2) is 6.22. The van der Waals surface area contributed by atoms with Gasteiger partial charge in [0, 0.05) is 6.08 Å². The number of allylic oxidation sites excluding steroid dienone is 1. The molecule has 0 heterocycles. The van der Waals surface area contributed by atoms with E-state index in [0.29, 0.717) is 6.61 Å². The normalized spacial score (nSPS) is 11.5. The van der Waals surface area contributed by atoms with E-state index < -0.39 is 11.4 Å². The van der Waals surface area contributed by atoms with E-state index in [-0.39, 0.29) is 12.4 Å².